The number of aliphatic carboxylic acids is 1. The maximum Gasteiger partial charge on any atom is 0.333 e. The smallest absolute Gasteiger partial charge is 0.333 e. The molecule has 32 heavy (non-hydrogen) atoms. The number of carboxylic acid groups (broad SMARTS) is 1. The van der Waals surface area contributed by atoms with Crippen molar-refractivity contribution in [3.63, 3.8) is 0 Å². The second-order valence-corrected chi connectivity index (χ2v) is 8.90. The predicted octanol–water partition coefficient (Wildman–Crippen LogP) is 2.74. The van der Waals surface area contributed by atoms with E-state index < -0.39 is 28.9 Å². The average Bonchev–Trinajstić information content (AvgIpc) is 3.39. The molecule has 4 aromatic rings. The van der Waals surface area contributed by atoms with Gasteiger partial charge < -0.3 is 14.6 Å². The molecular weight excluding hydrogens is 434 g/mol. The second kappa shape index (κ2) is 7.88. The van der Waals surface area contributed by atoms with E-state index in [4.69, 9.17) is 4.42 Å². The van der Waals surface area contributed by atoms with E-state index >= 15 is 0 Å². The minimum atomic E-state index is -1.81. The lowest BCUT2D eigenvalue weighted by Gasteiger charge is -2.24. The molecule has 0 bridgehead atoms. The van der Waals surface area contributed by atoms with Crippen molar-refractivity contribution in [2.75, 3.05) is 0 Å². The largest absolute Gasteiger partial charge is 0.480 e. The minimum absolute atomic E-state index is 0.166. The molecule has 0 saturated carbocycles. The van der Waals surface area contributed by atoms with Crippen molar-refractivity contribution >= 4 is 27.5 Å². The fourth-order valence-corrected chi connectivity index (χ4v) is 4.83. The molecule has 0 aliphatic heterocycles. The third kappa shape index (κ3) is 3.37. The minimum Gasteiger partial charge on any atom is -0.480 e. The average molecular weight is 455 g/mol. The van der Waals surface area contributed by atoms with E-state index in [1.54, 1.807) is 37.3 Å². The van der Waals surface area contributed by atoms with Gasteiger partial charge in [0, 0.05) is 0 Å². The maximum absolute atomic E-state index is 13.4. The molecule has 1 atom stereocenters. The highest BCUT2D eigenvalue weighted by atomic mass is 32.1. The molecule has 0 aliphatic carbocycles. The van der Waals surface area contributed by atoms with Gasteiger partial charge in [0.2, 0.25) is 5.89 Å². The van der Waals surface area contributed by atoms with Crippen molar-refractivity contribution in [1.82, 2.24) is 14.1 Å². The summed E-state index contributed by atoms with van der Waals surface area (Å²) in [4.78, 5) is 43.8. The zero-order chi connectivity index (χ0) is 23.2. The lowest BCUT2D eigenvalue weighted by molar-refractivity contribution is -0.146. The molecule has 0 saturated heterocycles. The Bertz CT molecular complexity index is 1410. The molecule has 10 heteroatoms. The quantitative estimate of drug-likeness (QED) is 0.457. The third-order valence-electron chi connectivity index (χ3n) is 5.46. The molecule has 2 N–H and O–H groups in total. The van der Waals surface area contributed by atoms with Crippen LogP contribution >= 0.6 is 11.3 Å². The van der Waals surface area contributed by atoms with Crippen LogP contribution in [0.1, 0.15) is 31.1 Å². The molecule has 0 fully saturated rings. The lowest BCUT2D eigenvalue weighted by Crippen LogP contribution is -2.52. The summed E-state index contributed by atoms with van der Waals surface area (Å²) in [5.74, 6) is -1.04. The van der Waals surface area contributed by atoms with Crippen molar-refractivity contribution in [2.45, 2.75) is 39.0 Å². The number of aryl methyl sites for hydroxylation is 1. The Morgan fingerprint density at radius 3 is 2.53 bits per heavy atom. The summed E-state index contributed by atoms with van der Waals surface area (Å²) < 4.78 is 7.37. The molecule has 0 aliphatic rings. The van der Waals surface area contributed by atoms with E-state index in [0.717, 1.165) is 15.9 Å². The maximum atomic E-state index is 13.4. The fourth-order valence-electron chi connectivity index (χ4n) is 3.59. The van der Waals surface area contributed by atoms with Gasteiger partial charge in [-0.05, 0) is 31.9 Å². The Morgan fingerprint density at radius 2 is 1.94 bits per heavy atom. The van der Waals surface area contributed by atoms with Gasteiger partial charge in [0.15, 0.2) is 0 Å². The van der Waals surface area contributed by atoms with Gasteiger partial charge in [-0.15, -0.1) is 11.3 Å². The third-order valence-corrected chi connectivity index (χ3v) is 6.76. The van der Waals surface area contributed by atoms with Crippen LogP contribution in [0.5, 0.6) is 0 Å². The summed E-state index contributed by atoms with van der Waals surface area (Å²) in [7, 11) is 0. The number of oxazole rings is 1. The zero-order valence-corrected chi connectivity index (χ0v) is 18.4. The van der Waals surface area contributed by atoms with Crippen LogP contribution in [-0.2, 0) is 16.9 Å². The Hall–Kier alpha value is -3.50. The standard InChI is InChI=1S/C22H21N3O6S/c1-12-15-18(27)25(22(2,3)20(28)29)21(30)24(11-14(26)13-7-5-4-6-8-13)19(15)32-16(12)17-23-9-10-31-17/h4-10,14,26H,11H2,1-3H3,(H,28,29)/t14-/m0/s1. The van der Waals surface area contributed by atoms with Crippen LogP contribution in [0.4, 0.5) is 0 Å². The zero-order valence-electron chi connectivity index (χ0n) is 17.6. The van der Waals surface area contributed by atoms with E-state index in [1.165, 1.54) is 30.9 Å². The topological polar surface area (TPSA) is 128 Å². The van der Waals surface area contributed by atoms with Crippen LogP contribution in [0.3, 0.4) is 0 Å². The number of aromatic nitrogens is 3. The van der Waals surface area contributed by atoms with Crippen molar-refractivity contribution < 1.29 is 19.4 Å². The van der Waals surface area contributed by atoms with Crippen molar-refractivity contribution in [2.24, 2.45) is 0 Å². The fraction of sp³-hybridized carbons (Fsp3) is 0.273. The number of fused-ring (bicyclic) bond motifs is 1. The molecule has 0 unspecified atom stereocenters. The van der Waals surface area contributed by atoms with Crippen LogP contribution in [0.25, 0.3) is 21.0 Å². The Balaban J connectivity index is 2.05. The number of carboxylic acids is 1. The first-order valence-corrected chi connectivity index (χ1v) is 10.6. The van der Waals surface area contributed by atoms with Crippen molar-refractivity contribution in [1.29, 1.82) is 0 Å². The van der Waals surface area contributed by atoms with Crippen molar-refractivity contribution in [3.05, 3.63) is 74.8 Å². The van der Waals surface area contributed by atoms with Crippen LogP contribution < -0.4 is 11.2 Å². The van der Waals surface area contributed by atoms with E-state index in [-0.39, 0.29) is 17.8 Å². The van der Waals surface area contributed by atoms with Crippen LogP contribution in [-0.4, -0.2) is 30.3 Å². The van der Waals surface area contributed by atoms with Crippen molar-refractivity contribution in [3.8, 4) is 10.8 Å². The second-order valence-electron chi connectivity index (χ2n) is 7.90. The number of aliphatic hydroxyl groups excluding tert-OH is 1. The number of aliphatic hydroxyl groups is 1. The number of nitrogens with zero attached hydrogens (tertiary/aromatic N) is 3. The van der Waals surface area contributed by atoms with Gasteiger partial charge in [-0.3, -0.25) is 9.36 Å². The van der Waals surface area contributed by atoms with Crippen LogP contribution in [0, 0.1) is 6.92 Å². The van der Waals surface area contributed by atoms with E-state index in [1.807, 2.05) is 0 Å². The highest BCUT2D eigenvalue weighted by Gasteiger charge is 2.35. The molecule has 0 amide bonds. The summed E-state index contributed by atoms with van der Waals surface area (Å²) in [6.45, 7) is 4.11. The number of hydrogen-bond acceptors (Lipinski definition) is 7. The molecule has 0 spiro atoms. The van der Waals surface area contributed by atoms with Gasteiger partial charge in [0.25, 0.3) is 5.56 Å². The first-order chi connectivity index (χ1) is 15.1. The number of carbonyl (C=O) groups is 1. The lowest BCUT2D eigenvalue weighted by atomic mass is 10.1. The molecule has 166 valence electrons. The Morgan fingerprint density at radius 1 is 1.25 bits per heavy atom. The summed E-state index contributed by atoms with van der Waals surface area (Å²) in [6.07, 6.45) is 1.82. The van der Waals surface area contributed by atoms with Gasteiger partial charge in [0.05, 0.1) is 29.1 Å². The number of thiophene rings is 1. The summed E-state index contributed by atoms with van der Waals surface area (Å²) >= 11 is 1.14. The molecule has 1 aromatic carbocycles. The first-order valence-electron chi connectivity index (χ1n) is 9.80. The summed E-state index contributed by atoms with van der Waals surface area (Å²) in [6, 6.07) is 8.79. The van der Waals surface area contributed by atoms with Crippen LogP contribution in [0.15, 0.2) is 56.8 Å². The number of hydrogen-bond donors (Lipinski definition) is 2. The normalized spacial score (nSPS) is 12.9. The number of benzene rings is 1. The molecule has 3 heterocycles. The molecule has 4 rings (SSSR count). The van der Waals surface area contributed by atoms with Crippen LogP contribution in [0.2, 0.25) is 0 Å². The van der Waals surface area contributed by atoms with E-state index in [0.29, 0.717) is 20.8 Å². The highest BCUT2D eigenvalue weighted by Crippen LogP contribution is 2.36. The van der Waals surface area contributed by atoms with E-state index in [9.17, 15) is 24.6 Å². The van der Waals surface area contributed by atoms with Gasteiger partial charge in [-0.2, -0.15) is 0 Å². The molecule has 3 aromatic heterocycles. The van der Waals surface area contributed by atoms with Gasteiger partial charge in [0.1, 0.15) is 16.6 Å². The Kier molecular flexibility index (Phi) is 5.35. The molecular formula is C22H21N3O6S. The molecule has 0 radical (unpaired) electrons. The van der Waals surface area contributed by atoms with Gasteiger partial charge in [-0.25, -0.2) is 19.1 Å². The van der Waals surface area contributed by atoms with Gasteiger partial charge >= 0.3 is 11.7 Å². The highest BCUT2D eigenvalue weighted by molar-refractivity contribution is 7.22. The first kappa shape index (κ1) is 21.7. The van der Waals surface area contributed by atoms with E-state index in [2.05, 4.69) is 4.98 Å². The summed E-state index contributed by atoms with van der Waals surface area (Å²) in [5.41, 5.74) is -2.22. The Labute approximate surface area is 185 Å². The molecule has 9 nitrogen and oxygen atoms in total. The SMILES string of the molecule is Cc1c(-c2ncco2)sc2c1c(=O)n(C(C)(C)C(=O)O)c(=O)n2C[C@H](O)c1ccccc1. The monoisotopic (exact) mass is 455 g/mol. The summed E-state index contributed by atoms with van der Waals surface area (Å²) in [5, 5.41) is 20.7. The predicted molar refractivity (Wildman–Crippen MR) is 119 cm³/mol. The van der Waals surface area contributed by atoms with Gasteiger partial charge in [-0.1, -0.05) is 30.3 Å². The number of rotatable bonds is 6.